The van der Waals surface area contributed by atoms with Crippen LogP contribution in [-0.2, 0) is 17.6 Å². The summed E-state index contributed by atoms with van der Waals surface area (Å²) in [4.78, 5) is 27.4. The Kier molecular flexibility index (Phi) is 4.62. The number of aromatic carboxylic acids is 1. The molecule has 0 unspecified atom stereocenters. The van der Waals surface area contributed by atoms with Crippen LogP contribution in [0.5, 0.6) is 5.75 Å². The summed E-state index contributed by atoms with van der Waals surface area (Å²) in [6.45, 7) is 0. The normalized spacial score (nSPS) is 16.2. The maximum Gasteiger partial charge on any atom is 0.526 e. The molecule has 0 fully saturated rings. The quantitative estimate of drug-likeness (QED) is 0.813. The predicted molar refractivity (Wildman–Crippen MR) is 87.0 cm³/mol. The molecule has 1 aliphatic heterocycles. The van der Waals surface area contributed by atoms with E-state index in [0.717, 1.165) is 5.56 Å². The van der Waals surface area contributed by atoms with Gasteiger partial charge in [0, 0.05) is 31.1 Å². The van der Waals surface area contributed by atoms with Crippen molar-refractivity contribution in [2.24, 2.45) is 0 Å². The van der Waals surface area contributed by atoms with Crippen molar-refractivity contribution in [3.8, 4) is 5.75 Å². The molecule has 24 heavy (non-hydrogen) atoms. The van der Waals surface area contributed by atoms with Gasteiger partial charge in [0.2, 0.25) is 0 Å². The summed E-state index contributed by atoms with van der Waals surface area (Å²) in [5, 5.41) is 19.3. The summed E-state index contributed by atoms with van der Waals surface area (Å²) in [6.07, 6.45) is 4.10. The number of nitrogens with zero attached hydrogens (tertiary/aromatic N) is 1. The number of carbonyl (C=O) groups is 2. The largest absolute Gasteiger partial charge is 0.535 e. The zero-order chi connectivity index (χ0) is 17.1. The molecule has 1 atom stereocenters. The zero-order valence-corrected chi connectivity index (χ0v) is 12.9. The first kappa shape index (κ1) is 16.2. The van der Waals surface area contributed by atoms with Gasteiger partial charge in [-0.25, -0.2) is 4.79 Å². The smallest absolute Gasteiger partial charge is 0.526 e. The molecule has 2 heterocycles. The number of fused-ring (bicyclic) bond motifs is 1. The Morgan fingerprint density at radius 1 is 1.25 bits per heavy atom. The van der Waals surface area contributed by atoms with E-state index in [1.54, 1.807) is 36.7 Å². The third-order valence-corrected chi connectivity index (χ3v) is 4.09. The lowest BCUT2D eigenvalue weighted by Gasteiger charge is -2.28. The Morgan fingerprint density at radius 2 is 2.00 bits per heavy atom. The molecule has 0 bridgehead atoms. The molecule has 0 saturated heterocycles. The summed E-state index contributed by atoms with van der Waals surface area (Å²) >= 11 is 0. The molecule has 1 aliphatic rings. The number of carbonyl (C=O) groups excluding carboxylic acids is 1. The van der Waals surface area contributed by atoms with E-state index in [-0.39, 0.29) is 29.9 Å². The molecule has 0 radical (unpaired) electrons. The standard InChI is InChI=1S/C17H16BNO5/c20-14(8-11-4-6-19-7-5-11)10-13-9-12-2-1-3-15(17(21)22)16(12)24-18(13)23/h1-7,13,23H,8-10H2,(H,21,22)/t13-/m1/s1. The summed E-state index contributed by atoms with van der Waals surface area (Å²) in [6, 6.07) is 8.39. The third kappa shape index (κ3) is 3.46. The molecule has 0 aliphatic carbocycles. The number of pyridine rings is 1. The molecule has 0 saturated carbocycles. The van der Waals surface area contributed by atoms with Crippen LogP contribution in [0.15, 0.2) is 42.7 Å². The van der Waals surface area contributed by atoms with Crippen LogP contribution in [0.4, 0.5) is 0 Å². The average molecular weight is 325 g/mol. The summed E-state index contributed by atoms with van der Waals surface area (Å²) in [5.74, 6) is -1.32. The average Bonchev–Trinajstić information content (AvgIpc) is 2.55. The summed E-state index contributed by atoms with van der Waals surface area (Å²) in [7, 11) is -1.20. The van der Waals surface area contributed by atoms with Crippen LogP contribution >= 0.6 is 0 Å². The van der Waals surface area contributed by atoms with Crippen LogP contribution in [0.3, 0.4) is 0 Å². The number of carboxylic acid groups (broad SMARTS) is 1. The molecule has 0 spiro atoms. The lowest BCUT2D eigenvalue weighted by atomic mass is 9.64. The first-order valence-corrected chi connectivity index (χ1v) is 7.65. The van der Waals surface area contributed by atoms with Gasteiger partial charge in [0.1, 0.15) is 11.5 Å². The highest BCUT2D eigenvalue weighted by Gasteiger charge is 2.37. The van der Waals surface area contributed by atoms with Crippen molar-refractivity contribution in [1.82, 2.24) is 4.98 Å². The number of ketones is 1. The molecule has 0 amide bonds. The molecule has 122 valence electrons. The highest BCUT2D eigenvalue weighted by atomic mass is 16.5. The second-order valence-electron chi connectivity index (χ2n) is 5.85. The SMILES string of the molecule is O=C(Cc1ccncc1)C[C@H]1Cc2cccc(C(=O)O)c2OB1O. The Balaban J connectivity index is 1.71. The van der Waals surface area contributed by atoms with Crippen LogP contribution in [0.2, 0.25) is 5.82 Å². The highest BCUT2D eigenvalue weighted by Crippen LogP contribution is 2.36. The van der Waals surface area contributed by atoms with Crippen molar-refractivity contribution in [2.75, 3.05) is 0 Å². The van der Waals surface area contributed by atoms with E-state index in [0.29, 0.717) is 12.0 Å². The van der Waals surface area contributed by atoms with E-state index in [2.05, 4.69) is 4.98 Å². The molecular weight excluding hydrogens is 309 g/mol. The Hall–Kier alpha value is -2.67. The highest BCUT2D eigenvalue weighted by molar-refractivity contribution is 6.47. The van der Waals surface area contributed by atoms with Crippen LogP contribution < -0.4 is 4.65 Å². The number of Topliss-reactive ketones (excluding diaryl/α,β-unsaturated/α-hetero) is 1. The van der Waals surface area contributed by atoms with E-state index in [1.165, 1.54) is 6.07 Å². The molecule has 2 aromatic rings. The van der Waals surface area contributed by atoms with Crippen molar-refractivity contribution >= 4 is 18.9 Å². The van der Waals surface area contributed by atoms with E-state index in [4.69, 9.17) is 4.65 Å². The lowest BCUT2D eigenvalue weighted by Crippen LogP contribution is -2.36. The van der Waals surface area contributed by atoms with E-state index < -0.39 is 18.9 Å². The Bertz CT molecular complexity index is 765. The van der Waals surface area contributed by atoms with E-state index in [1.807, 2.05) is 0 Å². The molecule has 7 heteroatoms. The number of hydrogen-bond acceptors (Lipinski definition) is 5. The number of rotatable bonds is 5. The van der Waals surface area contributed by atoms with Crippen LogP contribution in [0.25, 0.3) is 0 Å². The van der Waals surface area contributed by atoms with E-state index in [9.17, 15) is 19.7 Å². The van der Waals surface area contributed by atoms with Gasteiger partial charge in [0.15, 0.2) is 0 Å². The second kappa shape index (κ2) is 6.84. The zero-order valence-electron chi connectivity index (χ0n) is 12.9. The van der Waals surface area contributed by atoms with Gasteiger partial charge in [-0.3, -0.25) is 9.78 Å². The molecule has 2 N–H and O–H groups in total. The molecular formula is C17H16BNO5. The molecule has 1 aromatic carbocycles. The minimum absolute atomic E-state index is 0.00770. The second-order valence-corrected chi connectivity index (χ2v) is 5.85. The van der Waals surface area contributed by atoms with Gasteiger partial charge in [-0.15, -0.1) is 0 Å². The number of carboxylic acids is 1. The monoisotopic (exact) mass is 325 g/mol. The molecule has 6 nitrogen and oxygen atoms in total. The van der Waals surface area contributed by atoms with Crippen molar-refractivity contribution < 1.29 is 24.4 Å². The van der Waals surface area contributed by atoms with Gasteiger partial charge in [-0.05, 0) is 35.7 Å². The van der Waals surface area contributed by atoms with Gasteiger partial charge in [0.25, 0.3) is 0 Å². The Morgan fingerprint density at radius 3 is 2.71 bits per heavy atom. The molecule has 3 rings (SSSR count). The maximum atomic E-state index is 12.2. The first-order chi connectivity index (χ1) is 11.5. The lowest BCUT2D eigenvalue weighted by molar-refractivity contribution is -0.118. The number of benzene rings is 1. The van der Waals surface area contributed by atoms with Crippen molar-refractivity contribution in [1.29, 1.82) is 0 Å². The van der Waals surface area contributed by atoms with Crippen LogP contribution in [0.1, 0.15) is 27.9 Å². The van der Waals surface area contributed by atoms with Crippen LogP contribution in [-0.4, -0.2) is 34.0 Å². The van der Waals surface area contributed by atoms with Gasteiger partial charge in [0.05, 0.1) is 5.56 Å². The fourth-order valence-electron chi connectivity index (χ4n) is 2.92. The van der Waals surface area contributed by atoms with Gasteiger partial charge in [-0.2, -0.15) is 0 Å². The first-order valence-electron chi connectivity index (χ1n) is 7.65. The minimum Gasteiger partial charge on any atom is -0.535 e. The number of hydrogen-bond donors (Lipinski definition) is 2. The summed E-state index contributed by atoms with van der Waals surface area (Å²) < 4.78 is 5.40. The molecule has 1 aromatic heterocycles. The Labute approximate surface area is 139 Å². The van der Waals surface area contributed by atoms with Gasteiger partial charge >= 0.3 is 13.1 Å². The van der Waals surface area contributed by atoms with Crippen molar-refractivity contribution in [3.05, 3.63) is 59.4 Å². The van der Waals surface area contributed by atoms with E-state index >= 15 is 0 Å². The minimum atomic E-state index is -1.20. The van der Waals surface area contributed by atoms with Gasteiger partial charge in [-0.1, -0.05) is 12.1 Å². The van der Waals surface area contributed by atoms with Crippen molar-refractivity contribution in [2.45, 2.75) is 25.1 Å². The predicted octanol–water partition coefficient (Wildman–Crippen LogP) is 1.77. The fourth-order valence-corrected chi connectivity index (χ4v) is 2.92. The number of aromatic nitrogens is 1. The topological polar surface area (TPSA) is 96.7 Å². The summed E-state index contributed by atoms with van der Waals surface area (Å²) in [5.41, 5.74) is 1.59. The third-order valence-electron chi connectivity index (χ3n) is 4.09. The van der Waals surface area contributed by atoms with Crippen molar-refractivity contribution in [3.63, 3.8) is 0 Å². The maximum absolute atomic E-state index is 12.2. The number of para-hydroxylation sites is 1. The fraction of sp³-hybridized carbons (Fsp3) is 0.235. The van der Waals surface area contributed by atoms with Gasteiger partial charge < -0.3 is 14.8 Å². The van der Waals surface area contributed by atoms with Crippen LogP contribution in [0, 0.1) is 0 Å².